The van der Waals surface area contributed by atoms with Crippen molar-refractivity contribution < 1.29 is 13.2 Å². The van der Waals surface area contributed by atoms with Crippen LogP contribution in [-0.4, -0.2) is 38.1 Å². The smallest absolute Gasteiger partial charge is 0.253 e. The number of nitrogens with zero attached hydrogens (tertiary/aromatic N) is 1. The molecule has 1 aliphatic heterocycles. The molecule has 1 N–H and O–H groups in total. The third kappa shape index (κ3) is 5.62. The number of rotatable bonds is 7. The summed E-state index contributed by atoms with van der Waals surface area (Å²) < 4.78 is 26.1. The molecule has 2 rings (SSSR count). The summed E-state index contributed by atoms with van der Waals surface area (Å²) in [6.45, 7) is 3.90. The third-order valence-electron chi connectivity index (χ3n) is 4.11. The lowest BCUT2D eigenvalue weighted by Crippen LogP contribution is -2.35. The van der Waals surface area contributed by atoms with Crippen molar-refractivity contribution in [2.45, 2.75) is 45.6 Å². The van der Waals surface area contributed by atoms with Gasteiger partial charge in [0, 0.05) is 25.2 Å². The molecule has 0 atom stereocenters. The molecule has 128 valence electrons. The first-order chi connectivity index (χ1) is 11.0. The van der Waals surface area contributed by atoms with Crippen molar-refractivity contribution in [1.29, 1.82) is 0 Å². The highest BCUT2D eigenvalue weighted by Gasteiger charge is 2.18. The van der Waals surface area contributed by atoms with Crippen LogP contribution in [0.5, 0.6) is 0 Å². The van der Waals surface area contributed by atoms with Gasteiger partial charge in [0.2, 0.25) is 10.0 Å². The Morgan fingerprint density at radius 1 is 1.13 bits per heavy atom. The molecule has 0 unspecified atom stereocenters. The summed E-state index contributed by atoms with van der Waals surface area (Å²) in [5.74, 6) is 0.231. The van der Waals surface area contributed by atoms with Crippen LogP contribution in [0.15, 0.2) is 24.3 Å². The number of sulfonamides is 1. The maximum absolute atomic E-state index is 12.4. The third-order valence-corrected chi connectivity index (χ3v) is 5.52. The summed E-state index contributed by atoms with van der Waals surface area (Å²) >= 11 is 0. The fraction of sp³-hybridized carbons (Fsp3) is 0.588. The van der Waals surface area contributed by atoms with Crippen molar-refractivity contribution >= 4 is 15.9 Å². The van der Waals surface area contributed by atoms with Crippen LogP contribution in [-0.2, 0) is 16.6 Å². The van der Waals surface area contributed by atoms with Crippen LogP contribution in [0.25, 0.3) is 0 Å². The number of hydrogen-bond acceptors (Lipinski definition) is 3. The number of hydrogen-bond donors (Lipinski definition) is 1. The van der Waals surface area contributed by atoms with Crippen molar-refractivity contribution in [3.05, 3.63) is 35.4 Å². The van der Waals surface area contributed by atoms with E-state index >= 15 is 0 Å². The Bertz CT molecular complexity index is 605. The molecule has 23 heavy (non-hydrogen) atoms. The van der Waals surface area contributed by atoms with E-state index in [-0.39, 0.29) is 18.2 Å². The molecule has 1 aliphatic rings. The van der Waals surface area contributed by atoms with Crippen LogP contribution in [0.2, 0.25) is 0 Å². The molecule has 0 aliphatic carbocycles. The molecule has 0 saturated carbocycles. The monoisotopic (exact) mass is 338 g/mol. The largest absolute Gasteiger partial charge is 0.339 e. The second-order valence-electron chi connectivity index (χ2n) is 6.04. The van der Waals surface area contributed by atoms with Gasteiger partial charge in [0.05, 0.1) is 5.75 Å². The first kappa shape index (κ1) is 17.9. The minimum atomic E-state index is -3.21. The first-order valence-electron chi connectivity index (χ1n) is 8.37. The van der Waals surface area contributed by atoms with Gasteiger partial charge in [0.15, 0.2) is 0 Å². The van der Waals surface area contributed by atoms with Gasteiger partial charge < -0.3 is 4.90 Å². The molecular weight excluding hydrogens is 312 g/mol. The number of unbranched alkanes of at least 4 members (excludes halogenated alkanes) is 1. The Balaban J connectivity index is 1.90. The van der Waals surface area contributed by atoms with Crippen LogP contribution < -0.4 is 4.72 Å². The lowest BCUT2D eigenvalue weighted by Gasteiger charge is -2.26. The maximum Gasteiger partial charge on any atom is 0.253 e. The van der Waals surface area contributed by atoms with E-state index in [1.807, 2.05) is 24.0 Å². The van der Waals surface area contributed by atoms with Crippen molar-refractivity contribution in [2.75, 3.05) is 18.8 Å². The van der Waals surface area contributed by atoms with E-state index in [1.165, 1.54) is 6.42 Å². The highest BCUT2D eigenvalue weighted by molar-refractivity contribution is 7.89. The fourth-order valence-corrected chi connectivity index (χ4v) is 3.84. The predicted octanol–water partition coefficient (Wildman–Crippen LogP) is 2.53. The van der Waals surface area contributed by atoms with E-state index in [9.17, 15) is 13.2 Å². The molecule has 5 nitrogen and oxygen atoms in total. The van der Waals surface area contributed by atoms with Gasteiger partial charge in [0.25, 0.3) is 5.91 Å². The van der Waals surface area contributed by atoms with E-state index in [1.54, 1.807) is 12.1 Å². The van der Waals surface area contributed by atoms with Gasteiger partial charge in [-0.05, 0) is 43.4 Å². The van der Waals surface area contributed by atoms with E-state index in [0.29, 0.717) is 12.0 Å². The normalized spacial score (nSPS) is 15.6. The van der Waals surface area contributed by atoms with E-state index in [0.717, 1.165) is 37.9 Å². The highest BCUT2D eigenvalue weighted by atomic mass is 32.2. The van der Waals surface area contributed by atoms with Crippen molar-refractivity contribution in [3.8, 4) is 0 Å². The number of likely N-dealkylation sites (tertiary alicyclic amines) is 1. The van der Waals surface area contributed by atoms with Crippen molar-refractivity contribution in [3.63, 3.8) is 0 Å². The molecule has 0 bridgehead atoms. The fourth-order valence-electron chi connectivity index (χ4n) is 2.64. The Morgan fingerprint density at radius 3 is 2.39 bits per heavy atom. The van der Waals surface area contributed by atoms with Crippen LogP contribution in [0.4, 0.5) is 0 Å². The standard InChI is InChI=1S/C17H26N2O3S/c1-2-3-13-23(21,22)18-14-15-7-9-16(10-8-15)17(20)19-11-5-4-6-12-19/h7-10,18H,2-6,11-14H2,1H3. The highest BCUT2D eigenvalue weighted by Crippen LogP contribution is 2.14. The summed E-state index contributed by atoms with van der Waals surface area (Å²) in [5, 5.41) is 0. The molecule has 0 aromatic heterocycles. The van der Waals surface area contributed by atoms with E-state index < -0.39 is 10.0 Å². The van der Waals surface area contributed by atoms with Crippen LogP contribution >= 0.6 is 0 Å². The topological polar surface area (TPSA) is 66.5 Å². The van der Waals surface area contributed by atoms with Gasteiger partial charge in [-0.2, -0.15) is 0 Å². The quantitative estimate of drug-likeness (QED) is 0.831. The summed E-state index contributed by atoms with van der Waals surface area (Å²) in [7, 11) is -3.21. The van der Waals surface area contributed by atoms with Crippen LogP contribution in [0, 0.1) is 0 Å². The second-order valence-corrected chi connectivity index (χ2v) is 7.97. The summed E-state index contributed by atoms with van der Waals surface area (Å²) in [6.07, 6.45) is 4.86. The molecule has 1 fully saturated rings. The maximum atomic E-state index is 12.4. The SMILES string of the molecule is CCCCS(=O)(=O)NCc1ccc(C(=O)N2CCCCC2)cc1. The molecule has 1 aromatic carbocycles. The molecule has 1 saturated heterocycles. The number of carbonyl (C=O) groups is 1. The van der Waals surface area contributed by atoms with Gasteiger partial charge in [-0.3, -0.25) is 4.79 Å². The molecular formula is C17H26N2O3S. The molecule has 0 radical (unpaired) electrons. The summed E-state index contributed by atoms with van der Waals surface area (Å²) in [6, 6.07) is 7.21. The van der Waals surface area contributed by atoms with Gasteiger partial charge in [-0.15, -0.1) is 0 Å². The van der Waals surface area contributed by atoms with Crippen LogP contribution in [0.1, 0.15) is 54.9 Å². The molecule has 0 spiro atoms. The number of nitrogens with one attached hydrogen (secondary N) is 1. The zero-order chi connectivity index (χ0) is 16.7. The van der Waals surface area contributed by atoms with Gasteiger partial charge in [0.1, 0.15) is 0 Å². The van der Waals surface area contributed by atoms with Gasteiger partial charge in [-0.25, -0.2) is 13.1 Å². The lowest BCUT2D eigenvalue weighted by atomic mass is 10.1. The summed E-state index contributed by atoms with van der Waals surface area (Å²) in [5.41, 5.74) is 1.53. The number of amides is 1. The number of benzene rings is 1. The minimum Gasteiger partial charge on any atom is -0.339 e. The van der Waals surface area contributed by atoms with Crippen LogP contribution in [0.3, 0.4) is 0 Å². The Labute approximate surface area is 139 Å². The zero-order valence-corrected chi connectivity index (χ0v) is 14.6. The second kappa shape index (κ2) is 8.45. The number of carbonyl (C=O) groups excluding carboxylic acids is 1. The molecule has 1 aromatic rings. The average molecular weight is 338 g/mol. The Hall–Kier alpha value is -1.40. The molecule has 1 heterocycles. The predicted molar refractivity (Wildman–Crippen MR) is 91.7 cm³/mol. The molecule has 6 heteroatoms. The first-order valence-corrected chi connectivity index (χ1v) is 10.0. The Morgan fingerprint density at radius 2 is 1.78 bits per heavy atom. The summed E-state index contributed by atoms with van der Waals surface area (Å²) in [4.78, 5) is 14.3. The molecule has 1 amide bonds. The minimum absolute atomic E-state index is 0.0692. The van der Waals surface area contributed by atoms with E-state index in [2.05, 4.69) is 4.72 Å². The lowest BCUT2D eigenvalue weighted by molar-refractivity contribution is 0.0724. The average Bonchev–Trinajstić information content (AvgIpc) is 2.59. The number of piperidine rings is 1. The van der Waals surface area contributed by atoms with Gasteiger partial charge in [-0.1, -0.05) is 25.5 Å². The zero-order valence-electron chi connectivity index (χ0n) is 13.8. The van der Waals surface area contributed by atoms with Crippen molar-refractivity contribution in [2.24, 2.45) is 0 Å². The Kier molecular flexibility index (Phi) is 6.59. The van der Waals surface area contributed by atoms with Crippen molar-refractivity contribution in [1.82, 2.24) is 9.62 Å². The van der Waals surface area contributed by atoms with Gasteiger partial charge >= 0.3 is 0 Å². The van der Waals surface area contributed by atoms with E-state index in [4.69, 9.17) is 0 Å².